The van der Waals surface area contributed by atoms with Crippen LogP contribution in [-0.2, 0) is 25.5 Å². The Bertz CT molecular complexity index is 979. The minimum absolute atomic E-state index is 0.0493. The van der Waals surface area contributed by atoms with E-state index in [2.05, 4.69) is 5.32 Å². The van der Waals surface area contributed by atoms with Crippen LogP contribution in [0.25, 0.3) is 11.1 Å². The lowest BCUT2D eigenvalue weighted by molar-refractivity contribution is -0.156. The number of aliphatic hydroxyl groups excluding tert-OH is 1. The first-order valence-electron chi connectivity index (χ1n) is 9.99. The number of rotatable bonds is 9. The van der Waals surface area contributed by atoms with Crippen molar-refractivity contribution in [3.8, 4) is 11.1 Å². The molecular weight excluding hydrogens is 457 g/mol. The highest BCUT2D eigenvalue weighted by molar-refractivity contribution is 6.33. The van der Waals surface area contributed by atoms with Crippen LogP contribution in [0.2, 0.25) is 10.0 Å². The van der Waals surface area contributed by atoms with Gasteiger partial charge >= 0.3 is 17.8 Å². The third-order valence-electron chi connectivity index (χ3n) is 4.54. The lowest BCUT2D eigenvalue weighted by Gasteiger charge is -2.21. The molecule has 0 bridgehead atoms. The summed E-state index contributed by atoms with van der Waals surface area (Å²) in [6.07, 6.45) is -1.94. The van der Waals surface area contributed by atoms with Gasteiger partial charge in [0, 0.05) is 22.5 Å². The molecule has 2 rings (SSSR count). The van der Waals surface area contributed by atoms with Crippen molar-refractivity contribution in [2.24, 2.45) is 5.92 Å². The van der Waals surface area contributed by atoms with Crippen LogP contribution in [0.1, 0.15) is 25.8 Å². The summed E-state index contributed by atoms with van der Waals surface area (Å²) in [7, 11) is 0. The van der Waals surface area contributed by atoms with E-state index in [9.17, 15) is 19.5 Å². The van der Waals surface area contributed by atoms with Crippen molar-refractivity contribution in [1.29, 1.82) is 0 Å². The molecule has 3 N–H and O–H groups in total. The van der Waals surface area contributed by atoms with E-state index in [0.717, 1.165) is 11.1 Å². The maximum absolute atomic E-state index is 12.2. The number of hydrogen-bond acceptors (Lipinski definition) is 5. The molecule has 0 aliphatic heterocycles. The summed E-state index contributed by atoms with van der Waals surface area (Å²) in [6.45, 7) is 3.73. The smallest absolute Gasteiger partial charge is 0.396 e. The van der Waals surface area contributed by atoms with E-state index in [-0.39, 0.29) is 25.4 Å². The number of carboxylic acids is 1. The number of halogens is 2. The van der Waals surface area contributed by atoms with Crippen LogP contribution in [0.5, 0.6) is 0 Å². The van der Waals surface area contributed by atoms with Crippen molar-refractivity contribution in [1.82, 2.24) is 5.32 Å². The fourth-order valence-corrected chi connectivity index (χ4v) is 3.39. The summed E-state index contributed by atoms with van der Waals surface area (Å²) in [5.41, 5.74) is 2.30. The summed E-state index contributed by atoms with van der Waals surface area (Å²) < 4.78 is 4.90. The summed E-state index contributed by atoms with van der Waals surface area (Å²) in [5, 5.41) is 22.2. The van der Waals surface area contributed by atoms with Crippen molar-refractivity contribution < 1.29 is 29.3 Å². The molecule has 1 amide bonds. The zero-order valence-corrected chi connectivity index (χ0v) is 19.2. The van der Waals surface area contributed by atoms with Crippen molar-refractivity contribution in [3.05, 3.63) is 58.1 Å². The van der Waals surface area contributed by atoms with Crippen LogP contribution >= 0.6 is 23.2 Å². The summed E-state index contributed by atoms with van der Waals surface area (Å²) in [6, 6.07) is 11.7. The number of carboxylic acid groups (broad SMARTS) is 1. The Balaban J connectivity index is 2.18. The highest BCUT2D eigenvalue weighted by atomic mass is 35.5. The number of hydrogen-bond donors (Lipinski definition) is 3. The van der Waals surface area contributed by atoms with Gasteiger partial charge in [-0.05, 0) is 47.2 Å². The fraction of sp³-hybridized carbons (Fsp3) is 0.348. The molecular formula is C23H25Cl2NO6. The monoisotopic (exact) mass is 481 g/mol. The van der Waals surface area contributed by atoms with E-state index in [1.807, 2.05) is 32.0 Å². The maximum Gasteiger partial charge on any atom is 0.396 e. The predicted molar refractivity (Wildman–Crippen MR) is 122 cm³/mol. The maximum atomic E-state index is 12.2. The molecule has 9 heteroatoms. The first-order chi connectivity index (χ1) is 15.1. The second-order valence-electron chi connectivity index (χ2n) is 7.77. The van der Waals surface area contributed by atoms with E-state index in [1.54, 1.807) is 24.3 Å². The Morgan fingerprint density at radius 1 is 1.06 bits per heavy atom. The summed E-state index contributed by atoms with van der Waals surface area (Å²) in [5.74, 6) is -3.47. The Kier molecular flexibility index (Phi) is 9.50. The van der Waals surface area contributed by atoms with E-state index in [0.29, 0.717) is 15.6 Å². The lowest BCUT2D eigenvalue weighted by Crippen LogP contribution is -2.44. The Hall–Kier alpha value is -2.61. The third kappa shape index (κ3) is 7.82. The van der Waals surface area contributed by atoms with Crippen molar-refractivity contribution in [2.45, 2.75) is 38.8 Å². The molecule has 0 aliphatic rings. The number of carbonyl (C=O) groups is 3. The van der Waals surface area contributed by atoms with Gasteiger partial charge in [0.05, 0.1) is 6.61 Å². The number of esters is 1. The van der Waals surface area contributed by atoms with Crippen molar-refractivity contribution >= 4 is 41.0 Å². The SMILES string of the molecule is CC(C)COC(=O)C(=O)N[C@H](Cc1ccc(-c2cccc(Cl)c2)cc1Cl)C[C@@H](O)C(=O)O. The number of aliphatic hydroxyl groups is 1. The lowest BCUT2D eigenvalue weighted by atomic mass is 9.97. The molecule has 0 unspecified atom stereocenters. The highest BCUT2D eigenvalue weighted by Crippen LogP contribution is 2.28. The van der Waals surface area contributed by atoms with Gasteiger partial charge in [-0.15, -0.1) is 0 Å². The molecule has 32 heavy (non-hydrogen) atoms. The molecule has 2 aromatic rings. The highest BCUT2D eigenvalue weighted by Gasteiger charge is 2.26. The standard InChI is InChI=1S/C23H25Cl2NO6/c1-13(2)12-32-23(31)21(28)26-18(11-20(27)22(29)30)9-16-7-6-15(10-19(16)25)14-4-3-5-17(24)8-14/h3-8,10,13,18,20,27H,9,11-12H2,1-2H3,(H,26,28)(H,29,30)/t18-,20-/m1/s1. The van der Waals surface area contributed by atoms with Crippen molar-refractivity contribution in [2.75, 3.05) is 6.61 Å². The van der Waals surface area contributed by atoms with Gasteiger partial charge in [-0.2, -0.15) is 0 Å². The Morgan fingerprint density at radius 2 is 1.75 bits per heavy atom. The van der Waals surface area contributed by atoms with E-state index in [4.69, 9.17) is 33.0 Å². The van der Waals surface area contributed by atoms with E-state index < -0.39 is 30.0 Å². The molecule has 2 aromatic carbocycles. The van der Waals surface area contributed by atoms with Gasteiger partial charge < -0.3 is 20.3 Å². The molecule has 0 aliphatic carbocycles. The van der Waals surface area contributed by atoms with Gasteiger partial charge in [-0.1, -0.05) is 61.3 Å². The largest absolute Gasteiger partial charge is 0.479 e. The Morgan fingerprint density at radius 3 is 2.34 bits per heavy atom. The molecule has 0 spiro atoms. The number of amides is 1. The van der Waals surface area contributed by atoms with Gasteiger partial charge in [0.1, 0.15) is 0 Å². The van der Waals surface area contributed by atoms with Crippen LogP contribution < -0.4 is 5.32 Å². The minimum Gasteiger partial charge on any atom is -0.479 e. The van der Waals surface area contributed by atoms with Crippen LogP contribution in [-0.4, -0.2) is 46.8 Å². The predicted octanol–water partition coefficient (Wildman–Crippen LogP) is 3.72. The molecule has 0 fully saturated rings. The van der Waals surface area contributed by atoms with Gasteiger partial charge in [0.15, 0.2) is 6.10 Å². The summed E-state index contributed by atoms with van der Waals surface area (Å²) >= 11 is 12.5. The number of carbonyl (C=O) groups excluding carboxylic acids is 2. The topological polar surface area (TPSA) is 113 Å². The molecule has 0 aromatic heterocycles. The number of aliphatic carboxylic acids is 1. The number of nitrogens with one attached hydrogen (secondary N) is 1. The van der Waals surface area contributed by atoms with Crippen molar-refractivity contribution in [3.63, 3.8) is 0 Å². The van der Waals surface area contributed by atoms with Gasteiger partial charge in [-0.25, -0.2) is 9.59 Å². The van der Waals surface area contributed by atoms with Crippen LogP contribution in [0.4, 0.5) is 0 Å². The van der Waals surface area contributed by atoms with Gasteiger partial charge in [0.25, 0.3) is 0 Å². The average molecular weight is 482 g/mol. The normalized spacial score (nSPS) is 12.8. The van der Waals surface area contributed by atoms with E-state index >= 15 is 0 Å². The molecule has 0 saturated carbocycles. The molecule has 2 atom stereocenters. The second-order valence-corrected chi connectivity index (χ2v) is 8.62. The Labute approximate surface area is 196 Å². The zero-order chi connectivity index (χ0) is 23.8. The molecule has 7 nitrogen and oxygen atoms in total. The quantitative estimate of drug-likeness (QED) is 0.371. The van der Waals surface area contributed by atoms with Gasteiger partial charge in [0.2, 0.25) is 0 Å². The first-order valence-corrected chi connectivity index (χ1v) is 10.7. The summed E-state index contributed by atoms with van der Waals surface area (Å²) in [4.78, 5) is 35.2. The third-order valence-corrected chi connectivity index (χ3v) is 5.13. The average Bonchev–Trinajstić information content (AvgIpc) is 2.73. The molecule has 0 heterocycles. The number of ether oxygens (including phenoxy) is 1. The van der Waals surface area contributed by atoms with E-state index in [1.165, 1.54) is 0 Å². The minimum atomic E-state index is -1.73. The first kappa shape index (κ1) is 25.6. The molecule has 0 saturated heterocycles. The molecule has 172 valence electrons. The fourth-order valence-electron chi connectivity index (χ4n) is 2.94. The number of benzene rings is 2. The van der Waals surface area contributed by atoms with Gasteiger partial charge in [-0.3, -0.25) is 4.79 Å². The van der Waals surface area contributed by atoms with Crippen LogP contribution in [0, 0.1) is 5.92 Å². The van der Waals surface area contributed by atoms with Crippen LogP contribution in [0.15, 0.2) is 42.5 Å². The van der Waals surface area contributed by atoms with Crippen LogP contribution in [0.3, 0.4) is 0 Å². The molecule has 0 radical (unpaired) electrons. The zero-order valence-electron chi connectivity index (χ0n) is 17.7. The second kappa shape index (κ2) is 11.9.